The Morgan fingerprint density at radius 1 is 0.629 bits per heavy atom. The molecular weight excluding hydrogens is 454 g/mol. The zero-order valence-corrected chi connectivity index (χ0v) is 25.9. The van der Waals surface area contributed by atoms with Crippen molar-refractivity contribution in [2.45, 2.75) is 155 Å². The van der Waals surface area contributed by atoms with Crippen LogP contribution in [-0.4, -0.2) is 57.4 Å². The molecule has 0 aromatic rings. The van der Waals surface area contributed by atoms with E-state index in [1.54, 1.807) is 19.2 Å². The van der Waals surface area contributed by atoms with E-state index in [1.807, 2.05) is 0 Å². The second-order valence-electron chi connectivity index (χ2n) is 10.2. The van der Waals surface area contributed by atoms with Gasteiger partial charge in [-0.3, -0.25) is 0 Å². The molecule has 0 aromatic carbocycles. The van der Waals surface area contributed by atoms with Crippen molar-refractivity contribution >= 4 is 12.0 Å². The zero-order valence-electron chi connectivity index (χ0n) is 25.1. The first kappa shape index (κ1) is 37.3. The largest absolute Gasteiger partial charge is 0.359 e. The van der Waals surface area contributed by atoms with Crippen LogP contribution in [0.2, 0.25) is 0 Å². The van der Waals surface area contributed by atoms with E-state index >= 15 is 0 Å². The molecule has 0 rings (SSSR count). The van der Waals surface area contributed by atoms with Crippen LogP contribution in [0.5, 0.6) is 0 Å². The lowest BCUT2D eigenvalue weighted by Crippen LogP contribution is -2.13. The first-order valence-corrected chi connectivity index (χ1v) is 16.0. The predicted octanol–water partition coefficient (Wildman–Crippen LogP) is 9.66. The van der Waals surface area contributed by atoms with Gasteiger partial charge in [-0.2, -0.15) is 0 Å². The third-order valence-corrected chi connectivity index (χ3v) is 7.24. The van der Waals surface area contributed by atoms with Gasteiger partial charge in [0.2, 0.25) is 0 Å². The molecular formula is C30H65NO3S. The lowest BCUT2D eigenvalue weighted by Gasteiger charge is -2.15. The molecule has 35 heavy (non-hydrogen) atoms. The second kappa shape index (κ2) is 32.2. The van der Waals surface area contributed by atoms with Gasteiger partial charge < -0.3 is 18.6 Å². The monoisotopic (exact) mass is 519 g/mol. The fraction of sp³-hybridized carbons (Fsp3) is 1.00. The van der Waals surface area contributed by atoms with Crippen molar-refractivity contribution in [3.63, 3.8) is 0 Å². The maximum Gasteiger partial charge on any atom is 0.146 e. The molecule has 2 atom stereocenters. The number of unbranched alkanes of at least 4 members (excludes halogenated alkanes) is 11. The summed E-state index contributed by atoms with van der Waals surface area (Å²) in [5.41, 5.74) is 0. The highest BCUT2D eigenvalue weighted by Gasteiger charge is 2.07. The number of nitrogens with zero attached hydrogens (tertiary/aromatic N) is 1. The summed E-state index contributed by atoms with van der Waals surface area (Å²) < 4.78 is 16.4. The molecule has 2 unspecified atom stereocenters. The third-order valence-electron chi connectivity index (χ3n) is 6.38. The highest BCUT2D eigenvalue weighted by Crippen LogP contribution is 2.18. The summed E-state index contributed by atoms with van der Waals surface area (Å²) in [6.45, 7) is 10.6. The molecule has 0 saturated carbocycles. The molecule has 0 aromatic heterocycles. The maximum atomic E-state index is 5.93. The summed E-state index contributed by atoms with van der Waals surface area (Å²) in [4.78, 5) is 2.25. The van der Waals surface area contributed by atoms with Crippen LogP contribution in [0.1, 0.15) is 143 Å². The van der Waals surface area contributed by atoms with E-state index in [0.717, 1.165) is 18.6 Å². The average Bonchev–Trinajstić information content (AvgIpc) is 2.86. The van der Waals surface area contributed by atoms with Crippen LogP contribution in [0.3, 0.4) is 0 Å². The Morgan fingerprint density at radius 2 is 1.14 bits per heavy atom. The SMILES string of the molecule is CCCCCCCCC(CC)OCOC.CCCCCCCCC(CC)OSCCCCN(C)C. The lowest BCUT2D eigenvalue weighted by molar-refractivity contribution is -0.0755. The van der Waals surface area contributed by atoms with E-state index in [0.29, 0.717) is 19.0 Å². The smallest absolute Gasteiger partial charge is 0.146 e. The van der Waals surface area contributed by atoms with E-state index in [2.05, 4.69) is 46.7 Å². The Morgan fingerprint density at radius 3 is 1.63 bits per heavy atom. The van der Waals surface area contributed by atoms with Crippen LogP contribution in [0.25, 0.3) is 0 Å². The van der Waals surface area contributed by atoms with E-state index < -0.39 is 0 Å². The summed E-state index contributed by atoms with van der Waals surface area (Å²) >= 11 is 1.69. The van der Waals surface area contributed by atoms with Gasteiger partial charge in [0, 0.05) is 12.9 Å². The fourth-order valence-electron chi connectivity index (χ4n) is 3.93. The van der Waals surface area contributed by atoms with Crippen molar-refractivity contribution < 1.29 is 13.7 Å². The minimum atomic E-state index is 0.399. The molecule has 0 aliphatic heterocycles. The van der Waals surface area contributed by atoms with Gasteiger partial charge in [-0.15, -0.1) is 0 Å². The Bertz CT molecular complexity index is 372. The van der Waals surface area contributed by atoms with Gasteiger partial charge in [-0.1, -0.05) is 105 Å². The molecule has 0 amide bonds. The lowest BCUT2D eigenvalue weighted by atomic mass is 10.1. The van der Waals surface area contributed by atoms with Crippen molar-refractivity contribution in [2.75, 3.05) is 40.3 Å². The van der Waals surface area contributed by atoms with Crippen LogP contribution < -0.4 is 0 Å². The molecule has 214 valence electrons. The van der Waals surface area contributed by atoms with Crippen molar-refractivity contribution in [3.8, 4) is 0 Å². The van der Waals surface area contributed by atoms with E-state index in [4.69, 9.17) is 13.7 Å². The molecule has 5 heteroatoms. The summed E-state index contributed by atoms with van der Waals surface area (Å²) in [5.74, 6) is 1.14. The molecule has 0 radical (unpaired) electrons. The van der Waals surface area contributed by atoms with E-state index in [1.165, 1.54) is 109 Å². The van der Waals surface area contributed by atoms with Gasteiger partial charge in [-0.05, 0) is 71.2 Å². The third kappa shape index (κ3) is 32.2. The Balaban J connectivity index is 0. The minimum absolute atomic E-state index is 0.399. The number of hydrogen-bond acceptors (Lipinski definition) is 5. The minimum Gasteiger partial charge on any atom is -0.359 e. The van der Waals surface area contributed by atoms with Crippen molar-refractivity contribution in [2.24, 2.45) is 0 Å². The molecule has 0 saturated heterocycles. The summed E-state index contributed by atoms with van der Waals surface area (Å²) in [6.07, 6.45) is 24.5. The van der Waals surface area contributed by atoms with Gasteiger partial charge >= 0.3 is 0 Å². The summed E-state index contributed by atoms with van der Waals surface area (Å²) in [5, 5.41) is 0. The second-order valence-corrected chi connectivity index (χ2v) is 11.0. The molecule has 0 spiro atoms. The number of ether oxygens (including phenoxy) is 2. The number of hydrogen-bond donors (Lipinski definition) is 0. The van der Waals surface area contributed by atoms with Gasteiger partial charge in [-0.25, -0.2) is 0 Å². The van der Waals surface area contributed by atoms with Crippen LogP contribution in [0.15, 0.2) is 0 Å². The van der Waals surface area contributed by atoms with Crippen molar-refractivity contribution in [1.29, 1.82) is 0 Å². The molecule has 0 aliphatic rings. The Labute approximate surface area is 226 Å². The molecule has 0 fully saturated rings. The normalized spacial score (nSPS) is 13.0. The number of methoxy groups -OCH3 is 1. The average molecular weight is 520 g/mol. The highest BCUT2D eigenvalue weighted by atomic mass is 32.2. The van der Waals surface area contributed by atoms with E-state index in [9.17, 15) is 0 Å². The first-order valence-electron chi connectivity index (χ1n) is 15.1. The first-order chi connectivity index (χ1) is 17.0. The standard InChI is InChI=1S/C17H37NOS.C13H28O2/c1-5-7-8-9-10-11-14-17(6-2)19-20-16-13-12-15-18(3)4;1-4-6-7-8-9-10-11-13(5-2)15-12-14-3/h17H,5-16H2,1-4H3;13H,4-12H2,1-3H3. The van der Waals surface area contributed by atoms with Crippen LogP contribution >= 0.6 is 12.0 Å². The maximum absolute atomic E-state index is 5.93. The predicted molar refractivity (Wildman–Crippen MR) is 158 cm³/mol. The fourth-order valence-corrected chi connectivity index (χ4v) is 4.77. The number of rotatable bonds is 26. The molecule has 0 N–H and O–H groups in total. The van der Waals surface area contributed by atoms with Crippen LogP contribution in [0.4, 0.5) is 0 Å². The van der Waals surface area contributed by atoms with Crippen LogP contribution in [-0.2, 0) is 13.7 Å². The topological polar surface area (TPSA) is 30.9 Å². The Hall–Kier alpha value is 0.190. The zero-order chi connectivity index (χ0) is 26.4. The van der Waals surface area contributed by atoms with Crippen LogP contribution in [0, 0.1) is 0 Å². The molecule has 0 heterocycles. The summed E-state index contributed by atoms with van der Waals surface area (Å²) in [7, 11) is 5.95. The van der Waals surface area contributed by atoms with Crippen molar-refractivity contribution in [3.05, 3.63) is 0 Å². The molecule has 0 bridgehead atoms. The van der Waals surface area contributed by atoms with E-state index in [-0.39, 0.29) is 0 Å². The van der Waals surface area contributed by atoms with Gasteiger partial charge in [0.05, 0.1) is 12.2 Å². The highest BCUT2D eigenvalue weighted by molar-refractivity contribution is 7.94. The van der Waals surface area contributed by atoms with Gasteiger partial charge in [0.15, 0.2) is 0 Å². The molecule has 0 aliphatic carbocycles. The van der Waals surface area contributed by atoms with Gasteiger partial charge in [0.25, 0.3) is 0 Å². The molecule has 4 nitrogen and oxygen atoms in total. The van der Waals surface area contributed by atoms with Crippen molar-refractivity contribution in [1.82, 2.24) is 4.90 Å². The summed E-state index contributed by atoms with van der Waals surface area (Å²) in [6, 6.07) is 0. The quantitative estimate of drug-likeness (QED) is 0.0645. The Kier molecular flexibility index (Phi) is 34.4. The van der Waals surface area contributed by atoms with Gasteiger partial charge in [0.1, 0.15) is 6.79 Å².